The van der Waals surface area contributed by atoms with Gasteiger partial charge in [-0.15, -0.1) is 0 Å². The zero-order chi connectivity index (χ0) is 12.8. The molecule has 0 fully saturated rings. The lowest BCUT2D eigenvalue weighted by Crippen LogP contribution is -2.05. The predicted molar refractivity (Wildman–Crippen MR) is 57.9 cm³/mol. The maximum absolute atomic E-state index is 11.3. The van der Waals surface area contributed by atoms with E-state index in [4.69, 9.17) is 5.53 Å². The molecular formula is C10H9N3O4. The zero-order valence-corrected chi connectivity index (χ0v) is 9.21. The number of methoxy groups -OCH3 is 2. The molecule has 0 saturated carbocycles. The van der Waals surface area contributed by atoms with Crippen molar-refractivity contribution in [3.63, 3.8) is 0 Å². The molecule has 0 saturated heterocycles. The second-order valence-electron chi connectivity index (χ2n) is 2.90. The Labute approximate surface area is 96.6 Å². The Morgan fingerprint density at radius 3 is 2.41 bits per heavy atom. The van der Waals surface area contributed by atoms with E-state index in [2.05, 4.69) is 19.5 Å². The van der Waals surface area contributed by atoms with E-state index in [9.17, 15) is 9.59 Å². The summed E-state index contributed by atoms with van der Waals surface area (Å²) < 4.78 is 9.02. The third-order valence-electron chi connectivity index (χ3n) is 1.98. The molecule has 1 rings (SSSR count). The van der Waals surface area contributed by atoms with Gasteiger partial charge in [-0.05, 0) is 23.7 Å². The molecule has 0 unspecified atom stereocenters. The summed E-state index contributed by atoms with van der Waals surface area (Å²) in [7, 11) is 2.43. The molecule has 0 amide bonds. The van der Waals surface area contributed by atoms with Crippen LogP contribution in [-0.4, -0.2) is 26.2 Å². The minimum Gasteiger partial charge on any atom is -0.465 e. The number of hydrogen-bond acceptors (Lipinski definition) is 5. The summed E-state index contributed by atoms with van der Waals surface area (Å²) in [6.07, 6.45) is 0. The third-order valence-corrected chi connectivity index (χ3v) is 1.98. The number of hydrogen-bond donors (Lipinski definition) is 0. The topological polar surface area (TPSA) is 101 Å². The van der Waals surface area contributed by atoms with Crippen LogP contribution in [0.25, 0.3) is 10.4 Å². The van der Waals surface area contributed by atoms with E-state index in [1.165, 1.54) is 32.4 Å². The van der Waals surface area contributed by atoms with Crippen molar-refractivity contribution in [2.24, 2.45) is 5.11 Å². The van der Waals surface area contributed by atoms with E-state index < -0.39 is 11.9 Å². The van der Waals surface area contributed by atoms with Crippen LogP contribution in [0.3, 0.4) is 0 Å². The second-order valence-corrected chi connectivity index (χ2v) is 2.90. The van der Waals surface area contributed by atoms with Crippen LogP contribution < -0.4 is 0 Å². The van der Waals surface area contributed by atoms with Crippen LogP contribution in [0, 0.1) is 0 Å². The first-order valence-electron chi connectivity index (χ1n) is 4.49. The summed E-state index contributed by atoms with van der Waals surface area (Å²) in [4.78, 5) is 25.2. The molecule has 0 aliphatic carbocycles. The highest BCUT2D eigenvalue weighted by atomic mass is 16.5. The number of carbonyl (C=O) groups is 2. The molecule has 0 atom stereocenters. The van der Waals surface area contributed by atoms with Gasteiger partial charge in [-0.2, -0.15) is 0 Å². The van der Waals surface area contributed by atoms with Crippen LogP contribution in [-0.2, 0) is 9.47 Å². The Bertz CT molecular complexity index is 506. The van der Waals surface area contributed by atoms with Crippen molar-refractivity contribution in [1.29, 1.82) is 0 Å². The summed E-state index contributed by atoms with van der Waals surface area (Å²) in [5, 5.41) is 3.32. The third kappa shape index (κ3) is 2.73. The fraction of sp³-hybridized carbons (Fsp3) is 0.200. The molecule has 0 heterocycles. The standard InChI is InChI=1S/C10H9N3O4/c1-16-9(14)6-3-4-7(10(15)17-2)8(5-6)12-13-11/h3-5H,1-2H3. The minimum atomic E-state index is -0.649. The lowest BCUT2D eigenvalue weighted by Gasteiger charge is -2.05. The molecule has 0 aliphatic rings. The maximum atomic E-state index is 11.3. The van der Waals surface area contributed by atoms with Gasteiger partial charge in [0.25, 0.3) is 0 Å². The van der Waals surface area contributed by atoms with Gasteiger partial charge in [-0.3, -0.25) is 0 Å². The van der Waals surface area contributed by atoms with E-state index in [-0.39, 0.29) is 16.8 Å². The molecular weight excluding hydrogens is 226 g/mol. The van der Waals surface area contributed by atoms with Crippen LogP contribution >= 0.6 is 0 Å². The molecule has 88 valence electrons. The fourth-order valence-corrected chi connectivity index (χ4v) is 1.19. The monoisotopic (exact) mass is 235 g/mol. The Balaban J connectivity index is 3.31. The average Bonchev–Trinajstić information content (AvgIpc) is 2.37. The van der Waals surface area contributed by atoms with E-state index in [1.54, 1.807) is 0 Å². The number of esters is 2. The van der Waals surface area contributed by atoms with Crippen LogP contribution in [0.15, 0.2) is 23.3 Å². The Hall–Kier alpha value is -2.53. The normalized spacial score (nSPS) is 9.06. The molecule has 0 aliphatic heterocycles. The largest absolute Gasteiger partial charge is 0.465 e. The first-order valence-corrected chi connectivity index (χ1v) is 4.49. The molecule has 0 bridgehead atoms. The van der Waals surface area contributed by atoms with E-state index >= 15 is 0 Å². The number of nitrogens with zero attached hydrogens (tertiary/aromatic N) is 3. The first-order chi connectivity index (χ1) is 8.13. The SMILES string of the molecule is COC(=O)c1ccc(C(=O)OC)c(N=[N+]=[N-])c1. The van der Waals surface area contributed by atoms with Crippen molar-refractivity contribution in [2.75, 3.05) is 14.2 Å². The zero-order valence-electron chi connectivity index (χ0n) is 9.21. The van der Waals surface area contributed by atoms with Gasteiger partial charge < -0.3 is 9.47 Å². The van der Waals surface area contributed by atoms with Gasteiger partial charge in [0.15, 0.2) is 0 Å². The van der Waals surface area contributed by atoms with Gasteiger partial charge in [0.1, 0.15) is 0 Å². The van der Waals surface area contributed by atoms with Gasteiger partial charge >= 0.3 is 11.9 Å². The van der Waals surface area contributed by atoms with Gasteiger partial charge in [-0.1, -0.05) is 5.11 Å². The van der Waals surface area contributed by atoms with Gasteiger partial charge in [0.05, 0.1) is 31.0 Å². The molecule has 0 radical (unpaired) electrons. The molecule has 0 spiro atoms. The summed E-state index contributed by atoms with van der Waals surface area (Å²) in [6.45, 7) is 0. The van der Waals surface area contributed by atoms with Crippen molar-refractivity contribution in [3.8, 4) is 0 Å². The van der Waals surface area contributed by atoms with Crippen LogP contribution in [0.2, 0.25) is 0 Å². The lowest BCUT2D eigenvalue weighted by atomic mass is 10.1. The molecule has 1 aromatic rings. The van der Waals surface area contributed by atoms with E-state index in [0.29, 0.717) is 0 Å². The van der Waals surface area contributed by atoms with Crippen molar-refractivity contribution in [2.45, 2.75) is 0 Å². The highest BCUT2D eigenvalue weighted by molar-refractivity contribution is 5.98. The molecule has 0 aromatic heterocycles. The molecule has 7 nitrogen and oxygen atoms in total. The van der Waals surface area contributed by atoms with E-state index in [0.717, 1.165) is 0 Å². The van der Waals surface area contributed by atoms with Crippen LogP contribution in [0.1, 0.15) is 20.7 Å². The van der Waals surface area contributed by atoms with Gasteiger partial charge in [-0.25, -0.2) is 9.59 Å². The maximum Gasteiger partial charge on any atom is 0.338 e. The number of azide groups is 1. The molecule has 1 aromatic carbocycles. The minimum absolute atomic E-state index is 0.0160. The van der Waals surface area contributed by atoms with Gasteiger partial charge in [0, 0.05) is 4.91 Å². The molecule has 17 heavy (non-hydrogen) atoms. The molecule has 7 heteroatoms. The molecule has 0 N–H and O–H groups in total. The quantitative estimate of drug-likeness (QED) is 0.346. The summed E-state index contributed by atoms with van der Waals surface area (Å²) in [5.41, 5.74) is 8.66. The number of carbonyl (C=O) groups excluding carboxylic acids is 2. The second kappa shape index (κ2) is 5.53. The van der Waals surface area contributed by atoms with Crippen LogP contribution in [0.4, 0.5) is 5.69 Å². The number of ether oxygens (including phenoxy) is 2. The summed E-state index contributed by atoms with van der Waals surface area (Å²) in [6, 6.07) is 3.98. The Kier molecular flexibility index (Phi) is 4.08. The highest BCUT2D eigenvalue weighted by Gasteiger charge is 2.14. The van der Waals surface area contributed by atoms with Crippen LogP contribution in [0.5, 0.6) is 0 Å². The lowest BCUT2D eigenvalue weighted by molar-refractivity contribution is 0.0587. The van der Waals surface area contributed by atoms with Crippen molar-refractivity contribution in [3.05, 3.63) is 39.8 Å². The smallest absolute Gasteiger partial charge is 0.338 e. The summed E-state index contributed by atoms with van der Waals surface area (Å²) >= 11 is 0. The van der Waals surface area contributed by atoms with Crippen molar-refractivity contribution in [1.82, 2.24) is 0 Å². The highest BCUT2D eigenvalue weighted by Crippen LogP contribution is 2.22. The van der Waals surface area contributed by atoms with Crippen molar-refractivity contribution < 1.29 is 19.1 Å². The number of benzene rings is 1. The Morgan fingerprint density at radius 2 is 1.88 bits per heavy atom. The predicted octanol–water partition coefficient (Wildman–Crippen LogP) is 2.20. The fourth-order valence-electron chi connectivity index (χ4n) is 1.19. The first kappa shape index (κ1) is 12.5. The van der Waals surface area contributed by atoms with Crippen molar-refractivity contribution >= 4 is 17.6 Å². The Morgan fingerprint density at radius 1 is 1.24 bits per heavy atom. The number of rotatable bonds is 3. The van der Waals surface area contributed by atoms with Gasteiger partial charge in [0.2, 0.25) is 0 Å². The summed E-state index contributed by atoms with van der Waals surface area (Å²) in [5.74, 6) is -1.24. The van der Waals surface area contributed by atoms with E-state index in [1.807, 2.05) is 0 Å². The average molecular weight is 235 g/mol.